The topological polar surface area (TPSA) is 63.9 Å². The Morgan fingerprint density at radius 3 is 3.00 bits per heavy atom. The SMILES string of the molecule is CC(C)(C)OC(=O)N1CCOCC1CNCc1ccoc1. The summed E-state index contributed by atoms with van der Waals surface area (Å²) in [5.41, 5.74) is 0.597. The highest BCUT2D eigenvalue weighted by molar-refractivity contribution is 5.68. The molecule has 1 aromatic rings. The third kappa shape index (κ3) is 5.06. The van der Waals surface area contributed by atoms with Crippen LogP contribution in [0.5, 0.6) is 0 Å². The van der Waals surface area contributed by atoms with E-state index in [0.717, 1.165) is 5.56 Å². The van der Waals surface area contributed by atoms with Crippen LogP contribution in [0.25, 0.3) is 0 Å². The molecule has 1 unspecified atom stereocenters. The molecule has 1 amide bonds. The molecular formula is C15H24N2O4. The lowest BCUT2D eigenvalue weighted by Gasteiger charge is -2.36. The van der Waals surface area contributed by atoms with Gasteiger partial charge in [-0.25, -0.2) is 4.79 Å². The second-order valence-corrected chi connectivity index (χ2v) is 6.16. The Hall–Kier alpha value is -1.53. The van der Waals surface area contributed by atoms with Gasteiger partial charge in [-0.15, -0.1) is 0 Å². The second kappa shape index (κ2) is 6.95. The largest absolute Gasteiger partial charge is 0.472 e. The maximum atomic E-state index is 12.2. The number of amides is 1. The first-order chi connectivity index (χ1) is 9.96. The summed E-state index contributed by atoms with van der Waals surface area (Å²) in [6, 6.07) is 1.90. The summed E-state index contributed by atoms with van der Waals surface area (Å²) in [4.78, 5) is 14.0. The van der Waals surface area contributed by atoms with Gasteiger partial charge in [-0.1, -0.05) is 0 Å². The maximum Gasteiger partial charge on any atom is 0.410 e. The third-order valence-corrected chi connectivity index (χ3v) is 3.14. The zero-order valence-electron chi connectivity index (χ0n) is 12.9. The number of nitrogens with one attached hydrogen (secondary N) is 1. The fourth-order valence-corrected chi connectivity index (χ4v) is 2.16. The number of hydrogen-bond donors (Lipinski definition) is 1. The van der Waals surface area contributed by atoms with Gasteiger partial charge in [0.1, 0.15) is 5.60 Å². The van der Waals surface area contributed by atoms with Gasteiger partial charge in [-0.05, 0) is 26.8 Å². The fraction of sp³-hybridized carbons (Fsp3) is 0.667. The molecule has 1 aromatic heterocycles. The first-order valence-electron chi connectivity index (χ1n) is 7.25. The number of furan rings is 1. The first-order valence-corrected chi connectivity index (χ1v) is 7.25. The molecule has 21 heavy (non-hydrogen) atoms. The molecule has 1 fully saturated rings. The summed E-state index contributed by atoms with van der Waals surface area (Å²) < 4.78 is 15.9. The van der Waals surface area contributed by atoms with Crippen LogP contribution in [0.2, 0.25) is 0 Å². The number of carbonyl (C=O) groups is 1. The Morgan fingerprint density at radius 1 is 1.52 bits per heavy atom. The van der Waals surface area contributed by atoms with Gasteiger partial charge in [0.25, 0.3) is 0 Å². The molecule has 0 aromatic carbocycles. The lowest BCUT2D eigenvalue weighted by Crippen LogP contribution is -2.53. The van der Waals surface area contributed by atoms with Crippen molar-refractivity contribution in [3.63, 3.8) is 0 Å². The average Bonchev–Trinajstić information content (AvgIpc) is 2.90. The highest BCUT2D eigenvalue weighted by Gasteiger charge is 2.30. The zero-order valence-corrected chi connectivity index (χ0v) is 12.9. The molecule has 0 bridgehead atoms. The Labute approximate surface area is 125 Å². The summed E-state index contributed by atoms with van der Waals surface area (Å²) in [5, 5.41) is 3.32. The molecule has 0 saturated carbocycles. The molecule has 1 saturated heterocycles. The van der Waals surface area contributed by atoms with Gasteiger partial charge in [-0.3, -0.25) is 4.90 Å². The molecule has 0 aliphatic carbocycles. The number of hydrogen-bond acceptors (Lipinski definition) is 5. The number of nitrogens with zero attached hydrogens (tertiary/aromatic N) is 1. The minimum absolute atomic E-state index is 0.0134. The van der Waals surface area contributed by atoms with Crippen molar-refractivity contribution < 1.29 is 18.7 Å². The normalized spacial score (nSPS) is 19.6. The Kier molecular flexibility index (Phi) is 5.25. The minimum atomic E-state index is -0.482. The number of ether oxygens (including phenoxy) is 2. The summed E-state index contributed by atoms with van der Waals surface area (Å²) in [6.07, 6.45) is 3.07. The summed E-state index contributed by atoms with van der Waals surface area (Å²) in [6.45, 7) is 8.62. The lowest BCUT2D eigenvalue weighted by atomic mass is 10.2. The van der Waals surface area contributed by atoms with Crippen molar-refractivity contribution in [3.05, 3.63) is 24.2 Å². The minimum Gasteiger partial charge on any atom is -0.472 e. The second-order valence-electron chi connectivity index (χ2n) is 6.16. The molecule has 6 heteroatoms. The van der Waals surface area contributed by atoms with E-state index in [2.05, 4.69) is 5.32 Å². The van der Waals surface area contributed by atoms with Crippen LogP contribution in [0, 0.1) is 0 Å². The fourth-order valence-electron chi connectivity index (χ4n) is 2.16. The molecule has 1 atom stereocenters. The van der Waals surface area contributed by atoms with Gasteiger partial charge in [0, 0.05) is 25.2 Å². The Bertz CT molecular complexity index is 439. The van der Waals surface area contributed by atoms with E-state index in [1.807, 2.05) is 26.8 Å². The van der Waals surface area contributed by atoms with Gasteiger partial charge in [0.05, 0.1) is 31.8 Å². The maximum absolute atomic E-state index is 12.2. The van der Waals surface area contributed by atoms with Gasteiger partial charge in [0.15, 0.2) is 0 Å². The van der Waals surface area contributed by atoms with Gasteiger partial charge < -0.3 is 19.2 Å². The molecule has 1 N–H and O–H groups in total. The van der Waals surface area contributed by atoms with E-state index in [-0.39, 0.29) is 12.1 Å². The van der Waals surface area contributed by atoms with Crippen molar-refractivity contribution in [1.29, 1.82) is 0 Å². The van der Waals surface area contributed by atoms with Crippen LogP contribution in [-0.2, 0) is 16.0 Å². The zero-order chi connectivity index (χ0) is 15.3. The van der Waals surface area contributed by atoms with Crippen molar-refractivity contribution in [2.75, 3.05) is 26.3 Å². The van der Waals surface area contributed by atoms with Crippen LogP contribution in [-0.4, -0.2) is 48.9 Å². The van der Waals surface area contributed by atoms with E-state index in [4.69, 9.17) is 13.9 Å². The highest BCUT2D eigenvalue weighted by atomic mass is 16.6. The van der Waals surface area contributed by atoms with Gasteiger partial charge in [-0.2, -0.15) is 0 Å². The predicted molar refractivity (Wildman–Crippen MR) is 78.0 cm³/mol. The Balaban J connectivity index is 1.84. The average molecular weight is 296 g/mol. The monoisotopic (exact) mass is 296 g/mol. The standard InChI is InChI=1S/C15H24N2O4/c1-15(2,3)21-14(18)17-5-7-20-11-13(17)9-16-8-12-4-6-19-10-12/h4,6,10,13,16H,5,7-9,11H2,1-3H3. The summed E-state index contributed by atoms with van der Waals surface area (Å²) in [7, 11) is 0. The van der Waals surface area contributed by atoms with E-state index in [1.54, 1.807) is 17.4 Å². The van der Waals surface area contributed by atoms with Crippen LogP contribution < -0.4 is 5.32 Å². The first kappa shape index (κ1) is 15.9. The van der Waals surface area contributed by atoms with Crippen LogP contribution in [0.15, 0.2) is 23.0 Å². The quantitative estimate of drug-likeness (QED) is 0.920. The summed E-state index contributed by atoms with van der Waals surface area (Å²) in [5.74, 6) is 0. The molecule has 2 heterocycles. The lowest BCUT2D eigenvalue weighted by molar-refractivity contribution is -0.0317. The molecule has 118 valence electrons. The van der Waals surface area contributed by atoms with E-state index in [1.165, 1.54) is 0 Å². The third-order valence-electron chi connectivity index (χ3n) is 3.14. The van der Waals surface area contributed by atoms with Gasteiger partial charge in [0.2, 0.25) is 0 Å². The van der Waals surface area contributed by atoms with Gasteiger partial charge >= 0.3 is 6.09 Å². The number of morpholine rings is 1. The molecule has 0 spiro atoms. The highest BCUT2D eigenvalue weighted by Crippen LogP contribution is 2.14. The van der Waals surface area contributed by atoms with Crippen LogP contribution in [0.3, 0.4) is 0 Å². The smallest absolute Gasteiger partial charge is 0.410 e. The van der Waals surface area contributed by atoms with Crippen molar-refractivity contribution in [3.8, 4) is 0 Å². The molecular weight excluding hydrogens is 272 g/mol. The van der Waals surface area contributed by atoms with E-state index in [0.29, 0.717) is 32.8 Å². The van der Waals surface area contributed by atoms with Crippen molar-refractivity contribution in [2.45, 2.75) is 39.0 Å². The van der Waals surface area contributed by atoms with Crippen LogP contribution in [0.4, 0.5) is 4.79 Å². The van der Waals surface area contributed by atoms with E-state index in [9.17, 15) is 4.79 Å². The van der Waals surface area contributed by atoms with Crippen molar-refractivity contribution in [2.24, 2.45) is 0 Å². The van der Waals surface area contributed by atoms with Crippen molar-refractivity contribution >= 4 is 6.09 Å². The molecule has 1 aliphatic heterocycles. The molecule has 0 radical (unpaired) electrons. The molecule has 2 rings (SSSR count). The summed E-state index contributed by atoms with van der Waals surface area (Å²) >= 11 is 0. The van der Waals surface area contributed by atoms with Crippen molar-refractivity contribution in [1.82, 2.24) is 10.2 Å². The Morgan fingerprint density at radius 2 is 2.33 bits per heavy atom. The number of rotatable bonds is 4. The van der Waals surface area contributed by atoms with Crippen LogP contribution in [0.1, 0.15) is 26.3 Å². The van der Waals surface area contributed by atoms with E-state index >= 15 is 0 Å². The van der Waals surface area contributed by atoms with E-state index < -0.39 is 5.60 Å². The number of carbonyl (C=O) groups excluding carboxylic acids is 1. The predicted octanol–water partition coefficient (Wildman–Crippen LogP) is 2.01. The van der Waals surface area contributed by atoms with Crippen LogP contribution >= 0.6 is 0 Å². The molecule has 6 nitrogen and oxygen atoms in total. The molecule has 1 aliphatic rings.